The Labute approximate surface area is 101 Å². The van der Waals surface area contributed by atoms with Crippen molar-refractivity contribution in [1.29, 1.82) is 0 Å². The molecule has 17 heavy (non-hydrogen) atoms. The molecule has 0 aliphatic rings. The lowest BCUT2D eigenvalue weighted by Crippen LogP contribution is -2.32. The third-order valence-electron chi connectivity index (χ3n) is 3.17. The molecule has 0 aliphatic heterocycles. The van der Waals surface area contributed by atoms with Crippen molar-refractivity contribution in [3.05, 3.63) is 36.0 Å². The predicted octanol–water partition coefficient (Wildman–Crippen LogP) is 2.03. The SMILES string of the molecule is CCC(=O)C(N)Cc1ccc2c(ccn2C)c1. The molecule has 0 saturated heterocycles. The number of aryl methyl sites for hydroxylation is 1. The van der Waals surface area contributed by atoms with Crippen LogP contribution in [-0.4, -0.2) is 16.4 Å². The monoisotopic (exact) mass is 230 g/mol. The second kappa shape index (κ2) is 4.72. The Morgan fingerprint density at radius 1 is 1.41 bits per heavy atom. The summed E-state index contributed by atoms with van der Waals surface area (Å²) in [6.45, 7) is 1.85. The van der Waals surface area contributed by atoms with Gasteiger partial charge in [-0.1, -0.05) is 13.0 Å². The number of benzene rings is 1. The van der Waals surface area contributed by atoms with Crippen molar-refractivity contribution < 1.29 is 4.79 Å². The summed E-state index contributed by atoms with van der Waals surface area (Å²) in [6, 6.07) is 7.93. The smallest absolute Gasteiger partial charge is 0.149 e. The molecule has 0 fully saturated rings. The maximum atomic E-state index is 11.5. The van der Waals surface area contributed by atoms with Crippen LogP contribution in [0.4, 0.5) is 0 Å². The molecule has 1 aromatic heterocycles. The van der Waals surface area contributed by atoms with Crippen molar-refractivity contribution >= 4 is 16.7 Å². The first-order valence-corrected chi connectivity index (χ1v) is 5.94. The van der Waals surface area contributed by atoms with E-state index in [4.69, 9.17) is 5.73 Å². The second-order valence-electron chi connectivity index (χ2n) is 4.45. The van der Waals surface area contributed by atoms with Gasteiger partial charge in [0.05, 0.1) is 6.04 Å². The van der Waals surface area contributed by atoms with Crippen LogP contribution >= 0.6 is 0 Å². The van der Waals surface area contributed by atoms with Crippen molar-refractivity contribution in [3.8, 4) is 0 Å². The third kappa shape index (κ3) is 2.39. The van der Waals surface area contributed by atoms with Gasteiger partial charge in [0.15, 0.2) is 0 Å². The Bertz CT molecular complexity index is 542. The summed E-state index contributed by atoms with van der Waals surface area (Å²) in [7, 11) is 2.02. The van der Waals surface area contributed by atoms with E-state index in [1.165, 1.54) is 10.9 Å². The number of rotatable bonds is 4. The van der Waals surface area contributed by atoms with Crippen LogP contribution in [0.5, 0.6) is 0 Å². The van der Waals surface area contributed by atoms with Gasteiger partial charge in [-0.2, -0.15) is 0 Å². The summed E-state index contributed by atoms with van der Waals surface area (Å²) >= 11 is 0. The van der Waals surface area contributed by atoms with E-state index in [1.807, 2.05) is 26.2 Å². The largest absolute Gasteiger partial charge is 0.351 e. The van der Waals surface area contributed by atoms with Gasteiger partial charge in [0.25, 0.3) is 0 Å². The van der Waals surface area contributed by atoms with E-state index in [1.54, 1.807) is 0 Å². The number of fused-ring (bicyclic) bond motifs is 1. The highest BCUT2D eigenvalue weighted by molar-refractivity contribution is 5.84. The van der Waals surface area contributed by atoms with Crippen LogP contribution < -0.4 is 5.73 Å². The van der Waals surface area contributed by atoms with Crippen LogP contribution in [0.2, 0.25) is 0 Å². The number of carbonyl (C=O) groups is 1. The molecule has 2 N–H and O–H groups in total. The summed E-state index contributed by atoms with van der Waals surface area (Å²) in [4.78, 5) is 11.5. The average molecular weight is 230 g/mol. The van der Waals surface area contributed by atoms with Gasteiger partial charge in [-0.3, -0.25) is 4.79 Å². The fraction of sp³-hybridized carbons (Fsp3) is 0.357. The molecule has 90 valence electrons. The van der Waals surface area contributed by atoms with Gasteiger partial charge < -0.3 is 10.3 Å². The molecule has 1 atom stereocenters. The number of ketones is 1. The molecule has 0 amide bonds. The molecule has 1 unspecified atom stereocenters. The number of hydrogen-bond donors (Lipinski definition) is 1. The van der Waals surface area contributed by atoms with Crippen LogP contribution in [0.1, 0.15) is 18.9 Å². The minimum Gasteiger partial charge on any atom is -0.351 e. The Kier molecular flexibility index (Phi) is 3.29. The van der Waals surface area contributed by atoms with E-state index in [0.29, 0.717) is 12.8 Å². The molecule has 0 saturated carbocycles. The molecule has 1 heterocycles. The maximum Gasteiger partial charge on any atom is 0.149 e. The molecule has 0 radical (unpaired) electrons. The summed E-state index contributed by atoms with van der Waals surface area (Å²) in [5.74, 6) is 0.123. The van der Waals surface area contributed by atoms with Crippen LogP contribution in [0, 0.1) is 0 Å². The topological polar surface area (TPSA) is 48.0 Å². The fourth-order valence-electron chi connectivity index (χ4n) is 2.09. The van der Waals surface area contributed by atoms with Gasteiger partial charge >= 0.3 is 0 Å². The number of aromatic nitrogens is 1. The molecule has 3 heteroatoms. The van der Waals surface area contributed by atoms with Crippen LogP contribution in [0.25, 0.3) is 10.9 Å². The summed E-state index contributed by atoms with van der Waals surface area (Å²) in [6.07, 6.45) is 3.16. The minimum atomic E-state index is -0.374. The standard InChI is InChI=1S/C14H18N2O/c1-3-14(17)12(15)9-10-4-5-13-11(8-10)6-7-16(13)2/h4-8,12H,3,9,15H2,1-2H3. The molecule has 0 bridgehead atoms. The summed E-state index contributed by atoms with van der Waals surface area (Å²) in [5, 5.41) is 1.20. The van der Waals surface area contributed by atoms with E-state index in [2.05, 4.69) is 22.8 Å². The zero-order valence-corrected chi connectivity index (χ0v) is 10.3. The first-order chi connectivity index (χ1) is 8.11. The van der Waals surface area contributed by atoms with E-state index < -0.39 is 0 Å². The van der Waals surface area contributed by atoms with E-state index >= 15 is 0 Å². The molecular formula is C14H18N2O. The Morgan fingerprint density at radius 2 is 2.18 bits per heavy atom. The number of nitrogens with two attached hydrogens (primary N) is 1. The Morgan fingerprint density at radius 3 is 2.88 bits per heavy atom. The molecule has 0 aliphatic carbocycles. The molecule has 1 aromatic carbocycles. The normalized spacial score (nSPS) is 12.9. The van der Waals surface area contributed by atoms with Gasteiger partial charge in [-0.25, -0.2) is 0 Å². The summed E-state index contributed by atoms with van der Waals surface area (Å²) in [5.41, 5.74) is 8.18. The quantitative estimate of drug-likeness (QED) is 0.873. The predicted molar refractivity (Wildman–Crippen MR) is 69.9 cm³/mol. The third-order valence-corrected chi connectivity index (χ3v) is 3.17. The lowest BCUT2D eigenvalue weighted by molar-refractivity contribution is -0.119. The maximum absolute atomic E-state index is 11.5. The second-order valence-corrected chi connectivity index (χ2v) is 4.45. The first kappa shape index (κ1) is 11.9. The van der Waals surface area contributed by atoms with Crippen molar-refractivity contribution in [2.45, 2.75) is 25.8 Å². The molecule has 3 nitrogen and oxygen atoms in total. The number of nitrogens with zero attached hydrogens (tertiary/aromatic N) is 1. The van der Waals surface area contributed by atoms with Crippen molar-refractivity contribution in [2.75, 3.05) is 0 Å². The van der Waals surface area contributed by atoms with Crippen LogP contribution in [0.15, 0.2) is 30.5 Å². The van der Waals surface area contributed by atoms with Crippen molar-refractivity contribution in [2.24, 2.45) is 12.8 Å². The number of Topliss-reactive ketones (excluding diaryl/α,β-unsaturated/α-hetero) is 1. The summed E-state index contributed by atoms with van der Waals surface area (Å²) < 4.78 is 2.08. The molecular weight excluding hydrogens is 212 g/mol. The van der Waals surface area contributed by atoms with E-state index in [-0.39, 0.29) is 11.8 Å². The number of carbonyl (C=O) groups excluding carboxylic acids is 1. The zero-order valence-electron chi connectivity index (χ0n) is 10.3. The van der Waals surface area contributed by atoms with Crippen molar-refractivity contribution in [3.63, 3.8) is 0 Å². The minimum absolute atomic E-state index is 0.123. The number of hydrogen-bond acceptors (Lipinski definition) is 2. The highest BCUT2D eigenvalue weighted by atomic mass is 16.1. The van der Waals surface area contributed by atoms with Gasteiger partial charge in [-0.15, -0.1) is 0 Å². The fourth-order valence-corrected chi connectivity index (χ4v) is 2.09. The Balaban J connectivity index is 2.22. The Hall–Kier alpha value is -1.61. The van der Waals surface area contributed by atoms with Crippen molar-refractivity contribution in [1.82, 2.24) is 4.57 Å². The first-order valence-electron chi connectivity index (χ1n) is 5.94. The molecule has 2 rings (SSSR count). The van der Waals surface area contributed by atoms with Gasteiger partial charge in [0.1, 0.15) is 5.78 Å². The average Bonchev–Trinajstić information content (AvgIpc) is 2.69. The lowest BCUT2D eigenvalue weighted by Gasteiger charge is -2.09. The van der Waals surface area contributed by atoms with Gasteiger partial charge in [0.2, 0.25) is 0 Å². The van der Waals surface area contributed by atoms with E-state index in [0.717, 1.165) is 5.56 Å². The highest BCUT2D eigenvalue weighted by Gasteiger charge is 2.12. The van der Waals surface area contributed by atoms with Crippen LogP contribution in [-0.2, 0) is 18.3 Å². The molecule has 2 aromatic rings. The lowest BCUT2D eigenvalue weighted by atomic mass is 10.0. The van der Waals surface area contributed by atoms with Crippen LogP contribution in [0.3, 0.4) is 0 Å². The van der Waals surface area contributed by atoms with Gasteiger partial charge in [-0.05, 0) is 35.6 Å². The highest BCUT2D eigenvalue weighted by Crippen LogP contribution is 2.17. The molecule has 0 spiro atoms. The zero-order chi connectivity index (χ0) is 12.4. The van der Waals surface area contributed by atoms with Gasteiger partial charge in [0, 0.05) is 25.2 Å². The van der Waals surface area contributed by atoms with E-state index in [9.17, 15) is 4.79 Å².